The molecule has 0 bridgehead atoms. The van der Waals surface area contributed by atoms with E-state index < -0.39 is 10.1 Å². The zero-order chi connectivity index (χ0) is 16.7. The summed E-state index contributed by atoms with van der Waals surface area (Å²) < 4.78 is 30.0. The second-order valence-electron chi connectivity index (χ2n) is 6.68. The molecule has 0 amide bonds. The van der Waals surface area contributed by atoms with Gasteiger partial charge in [-0.3, -0.25) is 0 Å². The van der Waals surface area contributed by atoms with Crippen molar-refractivity contribution in [2.24, 2.45) is 0 Å². The minimum atomic E-state index is -3.80. The molecule has 0 saturated heterocycles. The Kier molecular flexibility index (Phi) is 3.84. The molecule has 3 rings (SSSR count). The Bertz CT molecular complexity index is 824. The second-order valence-corrected chi connectivity index (χ2v) is 8.22. The van der Waals surface area contributed by atoms with Gasteiger partial charge in [0, 0.05) is 11.2 Å². The predicted octanol–water partition coefficient (Wildman–Crippen LogP) is 3.90. The first-order valence-corrected chi connectivity index (χ1v) is 9.08. The van der Waals surface area contributed by atoms with Crippen molar-refractivity contribution >= 4 is 15.8 Å². The standard InChI is InChI=1S/C18H21NO3S/c1-13-4-7-16(8-5-13)23(20,21)22-15-6-9-17-14(12-15)10-11-18(2,3)19-17/h4-9,12,19H,10-11H2,1-3H3. The molecule has 23 heavy (non-hydrogen) atoms. The van der Waals surface area contributed by atoms with E-state index in [0.717, 1.165) is 29.7 Å². The van der Waals surface area contributed by atoms with E-state index in [4.69, 9.17) is 4.18 Å². The fraction of sp³-hybridized carbons (Fsp3) is 0.333. The Morgan fingerprint density at radius 1 is 1.09 bits per heavy atom. The maximum atomic E-state index is 12.3. The van der Waals surface area contributed by atoms with Crippen LogP contribution in [0.4, 0.5) is 5.69 Å². The molecule has 4 nitrogen and oxygen atoms in total. The quantitative estimate of drug-likeness (QED) is 0.867. The molecule has 0 unspecified atom stereocenters. The Hall–Kier alpha value is -2.01. The minimum absolute atomic E-state index is 0.0589. The lowest BCUT2D eigenvalue weighted by Gasteiger charge is -2.33. The molecule has 1 N–H and O–H groups in total. The Balaban J connectivity index is 1.85. The van der Waals surface area contributed by atoms with Gasteiger partial charge in [0.25, 0.3) is 0 Å². The predicted molar refractivity (Wildman–Crippen MR) is 91.5 cm³/mol. The van der Waals surface area contributed by atoms with Gasteiger partial charge in [-0.2, -0.15) is 8.42 Å². The maximum absolute atomic E-state index is 12.3. The molecule has 122 valence electrons. The molecule has 0 aliphatic carbocycles. The van der Waals surface area contributed by atoms with E-state index in [1.165, 1.54) is 0 Å². The molecule has 0 aromatic heterocycles. The summed E-state index contributed by atoms with van der Waals surface area (Å²) in [6.07, 6.45) is 1.89. The molecular formula is C18H21NO3S. The highest BCUT2D eigenvalue weighted by molar-refractivity contribution is 7.87. The average molecular weight is 331 g/mol. The van der Waals surface area contributed by atoms with E-state index >= 15 is 0 Å². The zero-order valence-corrected chi connectivity index (χ0v) is 14.4. The molecule has 2 aromatic carbocycles. The number of hydrogen-bond acceptors (Lipinski definition) is 4. The van der Waals surface area contributed by atoms with E-state index in [1.54, 1.807) is 30.3 Å². The van der Waals surface area contributed by atoms with Gasteiger partial charge in [0.1, 0.15) is 10.6 Å². The number of anilines is 1. The van der Waals surface area contributed by atoms with Crippen molar-refractivity contribution < 1.29 is 12.6 Å². The number of aryl methyl sites for hydroxylation is 2. The Morgan fingerprint density at radius 2 is 1.78 bits per heavy atom. The van der Waals surface area contributed by atoms with Gasteiger partial charge in [0.15, 0.2) is 0 Å². The van der Waals surface area contributed by atoms with Gasteiger partial charge in [0.2, 0.25) is 0 Å². The van der Waals surface area contributed by atoms with Gasteiger partial charge in [-0.15, -0.1) is 0 Å². The van der Waals surface area contributed by atoms with Crippen LogP contribution in [0.5, 0.6) is 5.75 Å². The number of rotatable bonds is 3. The van der Waals surface area contributed by atoms with Crippen LogP contribution in [0.3, 0.4) is 0 Å². The van der Waals surface area contributed by atoms with Crippen LogP contribution in [0.2, 0.25) is 0 Å². The van der Waals surface area contributed by atoms with E-state index in [2.05, 4.69) is 19.2 Å². The van der Waals surface area contributed by atoms with Gasteiger partial charge in [-0.1, -0.05) is 17.7 Å². The molecule has 1 aliphatic rings. The molecular weight excluding hydrogens is 310 g/mol. The Labute approximate surface area is 137 Å². The number of benzene rings is 2. The SMILES string of the molecule is Cc1ccc(S(=O)(=O)Oc2ccc3c(c2)CCC(C)(C)N3)cc1. The Morgan fingerprint density at radius 3 is 2.48 bits per heavy atom. The summed E-state index contributed by atoms with van der Waals surface area (Å²) in [6.45, 7) is 6.22. The lowest BCUT2D eigenvalue weighted by atomic mass is 9.89. The topological polar surface area (TPSA) is 55.4 Å². The maximum Gasteiger partial charge on any atom is 0.339 e. The average Bonchev–Trinajstić information content (AvgIpc) is 2.47. The fourth-order valence-electron chi connectivity index (χ4n) is 2.70. The molecule has 0 spiro atoms. The highest BCUT2D eigenvalue weighted by Crippen LogP contribution is 2.33. The van der Waals surface area contributed by atoms with Crippen molar-refractivity contribution in [1.82, 2.24) is 0 Å². The monoisotopic (exact) mass is 331 g/mol. The molecule has 2 aromatic rings. The van der Waals surface area contributed by atoms with E-state index in [0.29, 0.717) is 5.75 Å². The third-order valence-electron chi connectivity index (χ3n) is 4.08. The van der Waals surface area contributed by atoms with Crippen LogP contribution in [0.1, 0.15) is 31.4 Å². The second kappa shape index (κ2) is 5.57. The van der Waals surface area contributed by atoms with Crippen molar-refractivity contribution in [1.29, 1.82) is 0 Å². The fourth-order valence-corrected chi connectivity index (χ4v) is 3.63. The van der Waals surface area contributed by atoms with Crippen molar-refractivity contribution in [3.8, 4) is 5.75 Å². The van der Waals surface area contributed by atoms with Crippen molar-refractivity contribution in [2.45, 2.75) is 44.0 Å². The van der Waals surface area contributed by atoms with Gasteiger partial charge in [-0.25, -0.2) is 0 Å². The summed E-state index contributed by atoms with van der Waals surface area (Å²) in [5.74, 6) is 0.353. The highest BCUT2D eigenvalue weighted by Gasteiger charge is 2.25. The number of fused-ring (bicyclic) bond motifs is 1. The summed E-state index contributed by atoms with van der Waals surface area (Å²) in [4.78, 5) is 0.167. The van der Waals surface area contributed by atoms with Crippen molar-refractivity contribution in [3.63, 3.8) is 0 Å². The third-order valence-corrected chi connectivity index (χ3v) is 5.35. The van der Waals surface area contributed by atoms with Crippen LogP contribution in [0.15, 0.2) is 47.4 Å². The van der Waals surface area contributed by atoms with Gasteiger partial charge in [-0.05, 0) is 69.5 Å². The number of hydrogen-bond donors (Lipinski definition) is 1. The van der Waals surface area contributed by atoms with Crippen LogP contribution in [0, 0.1) is 6.92 Å². The van der Waals surface area contributed by atoms with Crippen LogP contribution >= 0.6 is 0 Å². The summed E-state index contributed by atoms with van der Waals surface area (Å²) in [5, 5.41) is 3.46. The van der Waals surface area contributed by atoms with Gasteiger partial charge in [0.05, 0.1) is 0 Å². The first kappa shape index (κ1) is 15.9. The normalized spacial score (nSPS) is 16.3. The molecule has 1 heterocycles. The smallest absolute Gasteiger partial charge is 0.339 e. The van der Waals surface area contributed by atoms with Gasteiger partial charge < -0.3 is 9.50 Å². The zero-order valence-electron chi connectivity index (χ0n) is 13.6. The summed E-state index contributed by atoms with van der Waals surface area (Å²) in [7, 11) is -3.80. The lowest BCUT2D eigenvalue weighted by Crippen LogP contribution is -2.35. The summed E-state index contributed by atoms with van der Waals surface area (Å²) in [6, 6.07) is 12.0. The molecule has 5 heteroatoms. The van der Waals surface area contributed by atoms with E-state index in [9.17, 15) is 8.42 Å². The summed E-state index contributed by atoms with van der Waals surface area (Å²) in [5.41, 5.74) is 3.19. The van der Waals surface area contributed by atoms with Crippen LogP contribution in [0.25, 0.3) is 0 Å². The largest absolute Gasteiger partial charge is 0.380 e. The van der Waals surface area contributed by atoms with Crippen LogP contribution in [-0.4, -0.2) is 14.0 Å². The molecule has 0 atom stereocenters. The lowest BCUT2D eigenvalue weighted by molar-refractivity contribution is 0.481. The molecule has 0 saturated carbocycles. The minimum Gasteiger partial charge on any atom is -0.380 e. The first-order chi connectivity index (χ1) is 10.8. The van der Waals surface area contributed by atoms with Crippen molar-refractivity contribution in [3.05, 3.63) is 53.6 Å². The van der Waals surface area contributed by atoms with Crippen LogP contribution < -0.4 is 9.50 Å². The number of nitrogens with one attached hydrogen (secondary N) is 1. The molecule has 0 fully saturated rings. The third kappa shape index (κ3) is 3.50. The van der Waals surface area contributed by atoms with Gasteiger partial charge >= 0.3 is 10.1 Å². The summed E-state index contributed by atoms with van der Waals surface area (Å²) >= 11 is 0. The van der Waals surface area contributed by atoms with E-state index in [-0.39, 0.29) is 10.4 Å². The first-order valence-electron chi connectivity index (χ1n) is 7.67. The van der Waals surface area contributed by atoms with Crippen molar-refractivity contribution in [2.75, 3.05) is 5.32 Å². The molecule has 1 aliphatic heterocycles. The van der Waals surface area contributed by atoms with Crippen LogP contribution in [-0.2, 0) is 16.5 Å². The molecule has 0 radical (unpaired) electrons. The van der Waals surface area contributed by atoms with E-state index in [1.807, 2.05) is 19.1 Å². The highest BCUT2D eigenvalue weighted by atomic mass is 32.2.